The lowest BCUT2D eigenvalue weighted by molar-refractivity contribution is 1.25. The van der Waals surface area contributed by atoms with Crippen LogP contribution in [-0.2, 0) is 0 Å². The summed E-state index contributed by atoms with van der Waals surface area (Å²) in [5.74, 6) is 5.19. The van der Waals surface area contributed by atoms with Crippen molar-refractivity contribution in [3.05, 3.63) is 59.1 Å². The maximum Gasteiger partial charge on any atom is 0.0549 e. The van der Waals surface area contributed by atoms with E-state index < -0.39 is 0 Å². The van der Waals surface area contributed by atoms with Crippen molar-refractivity contribution in [1.29, 1.82) is 0 Å². The zero-order valence-corrected chi connectivity index (χ0v) is 10.6. The van der Waals surface area contributed by atoms with Gasteiger partial charge in [0.1, 0.15) is 0 Å². The summed E-state index contributed by atoms with van der Waals surface area (Å²) in [6, 6.07) is 15.7. The van der Waals surface area contributed by atoms with Crippen LogP contribution < -0.4 is 5.84 Å². The molecule has 0 aliphatic rings. The van der Waals surface area contributed by atoms with Crippen molar-refractivity contribution in [1.82, 2.24) is 0 Å². The van der Waals surface area contributed by atoms with E-state index >= 15 is 0 Å². The number of nitrogens with two attached hydrogens (primary N) is 1. The second-order valence-corrected chi connectivity index (χ2v) is 4.84. The third-order valence-electron chi connectivity index (χ3n) is 2.19. The van der Waals surface area contributed by atoms with E-state index in [9.17, 15) is 0 Å². The number of hydrogen-bond acceptors (Lipinski definition) is 3. The molecule has 2 rings (SSSR count). The van der Waals surface area contributed by atoms with Gasteiger partial charge in [-0.05, 0) is 18.2 Å². The Labute approximate surface area is 109 Å². The largest absolute Gasteiger partial charge is 0.323 e. The minimum Gasteiger partial charge on any atom is -0.323 e. The summed E-state index contributed by atoms with van der Waals surface area (Å²) < 4.78 is 0. The predicted molar refractivity (Wildman–Crippen MR) is 73.8 cm³/mol. The van der Waals surface area contributed by atoms with E-state index in [0.29, 0.717) is 0 Å². The first kappa shape index (κ1) is 12.0. The van der Waals surface area contributed by atoms with Crippen molar-refractivity contribution >= 4 is 29.6 Å². The van der Waals surface area contributed by atoms with E-state index in [-0.39, 0.29) is 0 Å². The molecule has 0 atom stereocenters. The van der Waals surface area contributed by atoms with Crippen LogP contribution in [0.2, 0.25) is 5.02 Å². The number of benzene rings is 2. The van der Waals surface area contributed by atoms with Crippen molar-refractivity contribution < 1.29 is 0 Å². The molecule has 2 aromatic carbocycles. The van der Waals surface area contributed by atoms with Gasteiger partial charge in [-0.2, -0.15) is 5.10 Å². The van der Waals surface area contributed by atoms with Crippen molar-refractivity contribution in [2.24, 2.45) is 10.9 Å². The predicted octanol–water partition coefficient (Wildman–Crippen LogP) is 3.78. The Kier molecular flexibility index (Phi) is 4.07. The fourth-order valence-electron chi connectivity index (χ4n) is 1.41. The fourth-order valence-corrected chi connectivity index (χ4v) is 2.59. The molecule has 0 unspecified atom stereocenters. The smallest absolute Gasteiger partial charge is 0.0549 e. The van der Waals surface area contributed by atoms with Gasteiger partial charge >= 0.3 is 0 Å². The van der Waals surface area contributed by atoms with Crippen molar-refractivity contribution in [3.8, 4) is 0 Å². The molecule has 2 aromatic rings. The maximum atomic E-state index is 6.12. The molecular formula is C13H11ClN2S. The van der Waals surface area contributed by atoms with Crippen LogP contribution in [0.4, 0.5) is 0 Å². The summed E-state index contributed by atoms with van der Waals surface area (Å²) in [5.41, 5.74) is 0.986. The van der Waals surface area contributed by atoms with Crippen LogP contribution >= 0.6 is 23.4 Å². The highest BCUT2D eigenvalue weighted by molar-refractivity contribution is 7.99. The van der Waals surface area contributed by atoms with E-state index in [1.807, 2.05) is 48.5 Å². The van der Waals surface area contributed by atoms with Crippen LogP contribution in [0.25, 0.3) is 0 Å². The second-order valence-electron chi connectivity index (χ2n) is 3.35. The van der Waals surface area contributed by atoms with Gasteiger partial charge in [-0.15, -0.1) is 0 Å². The quantitative estimate of drug-likeness (QED) is 0.519. The van der Waals surface area contributed by atoms with E-state index in [1.165, 1.54) is 0 Å². The summed E-state index contributed by atoms with van der Waals surface area (Å²) in [7, 11) is 0. The molecule has 2 nitrogen and oxygen atoms in total. The molecule has 0 saturated carbocycles. The molecule has 0 amide bonds. The van der Waals surface area contributed by atoms with Crippen LogP contribution in [-0.4, -0.2) is 6.21 Å². The molecule has 0 aliphatic heterocycles. The topological polar surface area (TPSA) is 38.4 Å². The lowest BCUT2D eigenvalue weighted by Gasteiger charge is -2.06. The first-order chi connectivity index (χ1) is 8.31. The highest BCUT2D eigenvalue weighted by atomic mass is 35.5. The van der Waals surface area contributed by atoms with Gasteiger partial charge in [0.25, 0.3) is 0 Å². The molecule has 0 aliphatic carbocycles. The summed E-state index contributed by atoms with van der Waals surface area (Å²) >= 11 is 7.73. The molecule has 0 radical (unpaired) electrons. The zero-order chi connectivity index (χ0) is 12.1. The Bertz CT molecular complexity index is 540. The Balaban J connectivity index is 2.33. The third-order valence-corrected chi connectivity index (χ3v) is 3.80. The molecule has 2 N–H and O–H groups in total. The maximum absolute atomic E-state index is 6.12. The van der Waals surface area contributed by atoms with Gasteiger partial charge in [-0.3, -0.25) is 0 Å². The van der Waals surface area contributed by atoms with Gasteiger partial charge < -0.3 is 5.84 Å². The molecule has 0 heterocycles. The van der Waals surface area contributed by atoms with Crippen molar-refractivity contribution in [2.45, 2.75) is 9.79 Å². The minimum absolute atomic E-state index is 0.747. The molecule has 0 fully saturated rings. The third kappa shape index (κ3) is 3.02. The van der Waals surface area contributed by atoms with Gasteiger partial charge in [0.2, 0.25) is 0 Å². The summed E-state index contributed by atoms with van der Waals surface area (Å²) in [5, 5.41) is 4.31. The van der Waals surface area contributed by atoms with Crippen LogP contribution in [0.5, 0.6) is 0 Å². The lowest BCUT2D eigenvalue weighted by Crippen LogP contribution is -1.89. The fraction of sp³-hybridized carbons (Fsp3) is 0. The van der Waals surface area contributed by atoms with Gasteiger partial charge in [-0.1, -0.05) is 53.7 Å². The zero-order valence-electron chi connectivity index (χ0n) is 9.01. The standard InChI is InChI=1S/C13H11ClN2S/c14-11-6-2-4-8-13(11)17-12-7-3-1-5-10(12)9-16-15/h1-9H,15H2. The average molecular weight is 263 g/mol. The van der Waals surface area contributed by atoms with Crippen LogP contribution in [0.15, 0.2) is 63.4 Å². The van der Waals surface area contributed by atoms with Crippen molar-refractivity contribution in [3.63, 3.8) is 0 Å². The molecule has 0 aromatic heterocycles. The van der Waals surface area contributed by atoms with E-state index in [2.05, 4.69) is 5.10 Å². The van der Waals surface area contributed by atoms with Gasteiger partial charge in [0, 0.05) is 15.4 Å². The SMILES string of the molecule is NN=Cc1ccccc1Sc1ccccc1Cl. The van der Waals surface area contributed by atoms with E-state index in [1.54, 1.807) is 18.0 Å². The van der Waals surface area contributed by atoms with Crippen molar-refractivity contribution in [2.75, 3.05) is 0 Å². The normalized spacial score (nSPS) is 10.9. The Morgan fingerprint density at radius 1 is 1.00 bits per heavy atom. The molecule has 17 heavy (non-hydrogen) atoms. The summed E-state index contributed by atoms with van der Waals surface area (Å²) in [6.07, 6.45) is 1.64. The first-order valence-corrected chi connectivity index (χ1v) is 6.25. The monoisotopic (exact) mass is 262 g/mol. The average Bonchev–Trinajstić information content (AvgIpc) is 2.35. The summed E-state index contributed by atoms with van der Waals surface area (Å²) in [4.78, 5) is 2.10. The Hall–Kier alpha value is -1.45. The van der Waals surface area contributed by atoms with Gasteiger partial charge in [0.15, 0.2) is 0 Å². The highest BCUT2D eigenvalue weighted by Gasteiger charge is 2.04. The number of nitrogens with zero attached hydrogens (tertiary/aromatic N) is 1. The minimum atomic E-state index is 0.747. The molecule has 86 valence electrons. The highest BCUT2D eigenvalue weighted by Crippen LogP contribution is 2.34. The van der Waals surface area contributed by atoms with E-state index in [0.717, 1.165) is 20.4 Å². The number of rotatable bonds is 3. The van der Waals surface area contributed by atoms with Crippen LogP contribution in [0.3, 0.4) is 0 Å². The molecule has 0 spiro atoms. The number of hydrogen-bond donors (Lipinski definition) is 1. The molecular weight excluding hydrogens is 252 g/mol. The second kappa shape index (κ2) is 5.75. The Morgan fingerprint density at radius 3 is 2.35 bits per heavy atom. The number of halogens is 1. The molecule has 4 heteroatoms. The van der Waals surface area contributed by atoms with E-state index in [4.69, 9.17) is 17.4 Å². The molecule has 0 bridgehead atoms. The molecule has 0 saturated heterocycles. The van der Waals surface area contributed by atoms with Crippen LogP contribution in [0.1, 0.15) is 5.56 Å². The van der Waals surface area contributed by atoms with Crippen LogP contribution in [0, 0.1) is 0 Å². The Morgan fingerprint density at radius 2 is 1.65 bits per heavy atom. The van der Waals surface area contributed by atoms with Gasteiger partial charge in [0.05, 0.1) is 11.2 Å². The lowest BCUT2D eigenvalue weighted by atomic mass is 10.2. The summed E-state index contributed by atoms with van der Waals surface area (Å²) in [6.45, 7) is 0. The van der Waals surface area contributed by atoms with Gasteiger partial charge in [-0.25, -0.2) is 0 Å². The first-order valence-electron chi connectivity index (χ1n) is 5.06. The number of hydrazone groups is 1.